The van der Waals surface area contributed by atoms with Crippen LogP contribution in [0.3, 0.4) is 0 Å². The van der Waals surface area contributed by atoms with E-state index in [1.54, 1.807) is 30.3 Å². The van der Waals surface area contributed by atoms with Crippen molar-refractivity contribution < 1.29 is 22.7 Å². The SMILES string of the molecule is CCN(c1nc(OC[C@@]23CCCN2C[C@H](F)C3)nc2c(F)c(-c3ccc(F)c4sc(N)c(C#N)c34)c(Cl)cc12)[C@@H]1CCN(C(=O)n2ccnc2C)[C@@H]1C. The molecule has 3 aliphatic heterocycles. The standard InChI is InChI=1S/C37H37ClF3N9O2S/c1-4-48(27-8-12-49(19(27)2)36(51)50-13-10-44-20(50)3)34-23-14-25(38)29(22-6-7-26(40)32-28(22)24(16-42)33(43)53-32)30(41)31(23)45-35(46-34)52-18-37-9-5-11-47(37)17-21(39)15-37/h6-7,10,13-14,19,21,27H,4-5,8-9,11-12,15,17-18,43H2,1-3H3/t19-,21-,27-,37+/m1/s1. The molecule has 276 valence electrons. The third-order valence-corrected chi connectivity index (χ3v) is 12.6. The number of carbonyl (C=O) groups is 1. The highest BCUT2D eigenvalue weighted by atomic mass is 35.5. The summed E-state index contributed by atoms with van der Waals surface area (Å²) in [5.74, 6) is -0.463. The monoisotopic (exact) mass is 763 g/mol. The maximum Gasteiger partial charge on any atom is 0.329 e. The molecule has 8 rings (SSSR count). The van der Waals surface area contributed by atoms with Gasteiger partial charge in [-0.1, -0.05) is 17.7 Å². The number of fused-ring (bicyclic) bond motifs is 3. The zero-order valence-corrected chi connectivity index (χ0v) is 30.9. The summed E-state index contributed by atoms with van der Waals surface area (Å²) in [6, 6.07) is 5.41. The number of rotatable bonds is 7. The lowest BCUT2D eigenvalue weighted by atomic mass is 9.95. The van der Waals surface area contributed by atoms with E-state index in [0.29, 0.717) is 49.5 Å². The van der Waals surface area contributed by atoms with Crippen LogP contribution in [0.25, 0.3) is 32.1 Å². The predicted molar refractivity (Wildman–Crippen MR) is 198 cm³/mol. The zero-order valence-electron chi connectivity index (χ0n) is 29.4. The molecule has 3 aliphatic rings. The Balaban J connectivity index is 1.26. The molecular weight excluding hydrogens is 727 g/mol. The van der Waals surface area contributed by atoms with E-state index >= 15 is 8.78 Å². The number of nitrogen functional groups attached to an aromatic ring is 1. The summed E-state index contributed by atoms with van der Waals surface area (Å²) in [5, 5.41) is 10.5. The van der Waals surface area contributed by atoms with Gasteiger partial charge in [-0.05, 0) is 64.3 Å². The summed E-state index contributed by atoms with van der Waals surface area (Å²) < 4.78 is 54.9. The molecule has 53 heavy (non-hydrogen) atoms. The van der Waals surface area contributed by atoms with Gasteiger partial charge in [0.25, 0.3) is 0 Å². The average molecular weight is 764 g/mol. The summed E-state index contributed by atoms with van der Waals surface area (Å²) in [7, 11) is 0. The highest BCUT2D eigenvalue weighted by molar-refractivity contribution is 7.23. The molecule has 0 saturated carbocycles. The molecule has 3 fully saturated rings. The number of likely N-dealkylation sites (N-methyl/N-ethyl adjacent to an activating group) is 1. The van der Waals surface area contributed by atoms with Crippen molar-refractivity contribution in [1.29, 1.82) is 5.26 Å². The Morgan fingerprint density at radius 2 is 2.09 bits per heavy atom. The Kier molecular flexibility index (Phi) is 8.90. The van der Waals surface area contributed by atoms with Crippen LogP contribution in [0.1, 0.15) is 50.9 Å². The number of imidazole rings is 1. The van der Waals surface area contributed by atoms with Gasteiger partial charge in [0.05, 0.1) is 32.9 Å². The number of alkyl halides is 1. The largest absolute Gasteiger partial charge is 0.461 e. The smallest absolute Gasteiger partial charge is 0.329 e. The van der Waals surface area contributed by atoms with Crippen molar-refractivity contribution in [1.82, 2.24) is 29.3 Å². The predicted octanol–water partition coefficient (Wildman–Crippen LogP) is 7.31. The number of aryl methyl sites for hydroxylation is 1. The molecule has 1 amide bonds. The van der Waals surface area contributed by atoms with Crippen molar-refractivity contribution in [2.45, 2.75) is 70.2 Å². The van der Waals surface area contributed by atoms with Crippen LogP contribution in [0.15, 0.2) is 30.6 Å². The third kappa shape index (κ3) is 5.64. The number of thiophene rings is 1. The number of benzene rings is 2. The molecule has 0 unspecified atom stereocenters. The van der Waals surface area contributed by atoms with E-state index in [1.807, 2.05) is 24.8 Å². The Labute approximate surface area is 312 Å². The second kappa shape index (κ2) is 13.3. The van der Waals surface area contributed by atoms with Crippen LogP contribution >= 0.6 is 22.9 Å². The lowest BCUT2D eigenvalue weighted by Crippen LogP contribution is -2.47. The number of nitrogens with zero attached hydrogens (tertiary/aromatic N) is 8. The number of hydrogen-bond acceptors (Lipinski definition) is 10. The fraction of sp³-hybridized carbons (Fsp3) is 0.432. The van der Waals surface area contributed by atoms with Gasteiger partial charge in [-0.3, -0.25) is 9.47 Å². The molecule has 2 aromatic carbocycles. The Bertz CT molecular complexity index is 2330. The summed E-state index contributed by atoms with van der Waals surface area (Å²) in [6.07, 6.45) is 4.85. The lowest BCUT2D eigenvalue weighted by Gasteiger charge is -2.35. The molecular formula is C37H37ClF3N9O2S. The summed E-state index contributed by atoms with van der Waals surface area (Å²) in [5.41, 5.74) is 5.65. The van der Waals surface area contributed by atoms with E-state index in [0.717, 1.165) is 30.7 Å². The van der Waals surface area contributed by atoms with Gasteiger partial charge in [-0.15, -0.1) is 11.3 Å². The summed E-state index contributed by atoms with van der Waals surface area (Å²) in [4.78, 5) is 33.2. The third-order valence-electron chi connectivity index (χ3n) is 11.3. The van der Waals surface area contributed by atoms with Gasteiger partial charge in [-0.25, -0.2) is 22.9 Å². The van der Waals surface area contributed by atoms with E-state index in [-0.39, 0.29) is 73.0 Å². The molecule has 0 spiro atoms. The van der Waals surface area contributed by atoms with Gasteiger partial charge in [0.2, 0.25) is 0 Å². The van der Waals surface area contributed by atoms with Crippen molar-refractivity contribution in [2.75, 3.05) is 43.4 Å². The lowest BCUT2D eigenvalue weighted by molar-refractivity contribution is 0.107. The normalized spacial score (nSPS) is 22.9. The Morgan fingerprint density at radius 1 is 1.28 bits per heavy atom. The second-order valence-electron chi connectivity index (χ2n) is 14.1. The van der Waals surface area contributed by atoms with Gasteiger partial charge in [0.15, 0.2) is 5.82 Å². The molecule has 0 radical (unpaired) electrons. The first-order valence-corrected chi connectivity index (χ1v) is 18.9. The van der Waals surface area contributed by atoms with Crippen molar-refractivity contribution >= 4 is 60.8 Å². The van der Waals surface area contributed by atoms with Gasteiger partial charge >= 0.3 is 12.0 Å². The van der Waals surface area contributed by atoms with Crippen LogP contribution in [-0.2, 0) is 0 Å². The minimum atomic E-state index is -0.970. The zero-order chi connectivity index (χ0) is 37.3. The maximum absolute atomic E-state index is 17.3. The molecule has 4 atom stereocenters. The van der Waals surface area contributed by atoms with Crippen LogP contribution in [-0.4, -0.2) is 91.9 Å². The number of nitriles is 1. The molecule has 0 bridgehead atoms. The molecule has 6 heterocycles. The maximum atomic E-state index is 17.3. The minimum Gasteiger partial charge on any atom is -0.461 e. The molecule has 3 aromatic heterocycles. The average Bonchev–Trinajstić information content (AvgIpc) is 3.95. The van der Waals surface area contributed by atoms with Gasteiger partial charge < -0.3 is 20.3 Å². The number of aromatic nitrogens is 4. The number of hydrogen-bond donors (Lipinski definition) is 1. The van der Waals surface area contributed by atoms with Crippen molar-refractivity contribution in [3.05, 3.63) is 58.6 Å². The topological polar surface area (TPSA) is 129 Å². The molecule has 3 saturated heterocycles. The molecule has 11 nitrogen and oxygen atoms in total. The van der Waals surface area contributed by atoms with Crippen molar-refractivity contribution in [3.63, 3.8) is 0 Å². The number of carbonyl (C=O) groups excluding carboxylic acids is 1. The number of halogens is 4. The molecule has 5 aromatic rings. The van der Waals surface area contributed by atoms with Crippen LogP contribution in [0.2, 0.25) is 5.02 Å². The highest BCUT2D eigenvalue weighted by Gasteiger charge is 2.49. The van der Waals surface area contributed by atoms with Crippen molar-refractivity contribution in [2.24, 2.45) is 0 Å². The first-order valence-electron chi connectivity index (χ1n) is 17.7. The molecule has 16 heteroatoms. The van der Waals surface area contributed by atoms with E-state index in [9.17, 15) is 14.4 Å². The number of anilines is 2. The van der Waals surface area contributed by atoms with Gasteiger partial charge in [-0.2, -0.15) is 15.2 Å². The number of amides is 1. The van der Waals surface area contributed by atoms with Crippen LogP contribution in [0.5, 0.6) is 6.01 Å². The van der Waals surface area contributed by atoms with E-state index in [2.05, 4.69) is 14.9 Å². The second-order valence-corrected chi connectivity index (χ2v) is 15.6. The Hall–Kier alpha value is -4.65. The summed E-state index contributed by atoms with van der Waals surface area (Å²) in [6.45, 7) is 7.83. The minimum absolute atomic E-state index is 0.00146. The number of nitrogens with two attached hydrogens (primary N) is 1. The summed E-state index contributed by atoms with van der Waals surface area (Å²) >= 11 is 7.85. The van der Waals surface area contributed by atoms with Crippen LogP contribution in [0, 0.1) is 29.9 Å². The molecule has 0 aliphatic carbocycles. The van der Waals surface area contributed by atoms with Crippen molar-refractivity contribution in [3.8, 4) is 23.2 Å². The van der Waals surface area contributed by atoms with Crippen LogP contribution in [0.4, 0.5) is 28.8 Å². The first-order chi connectivity index (χ1) is 25.5. The van der Waals surface area contributed by atoms with Gasteiger partial charge in [0.1, 0.15) is 46.8 Å². The fourth-order valence-electron chi connectivity index (χ4n) is 8.72. The van der Waals surface area contributed by atoms with E-state index in [4.69, 9.17) is 27.1 Å². The number of likely N-dealkylation sites (tertiary alicyclic amines) is 1. The fourth-order valence-corrected chi connectivity index (χ4v) is 9.96. The van der Waals surface area contributed by atoms with E-state index in [1.165, 1.54) is 16.7 Å². The first kappa shape index (κ1) is 35.4. The molecule has 2 N–H and O–H groups in total. The Morgan fingerprint density at radius 3 is 2.83 bits per heavy atom. The highest BCUT2D eigenvalue weighted by Crippen LogP contribution is 2.46. The quantitative estimate of drug-likeness (QED) is 0.181. The number of ether oxygens (including phenoxy) is 1. The van der Waals surface area contributed by atoms with Gasteiger partial charge in [0, 0.05) is 54.8 Å². The van der Waals surface area contributed by atoms with E-state index < -0.39 is 23.3 Å². The van der Waals surface area contributed by atoms with Crippen LogP contribution < -0.4 is 15.4 Å².